The Morgan fingerprint density at radius 2 is 1.69 bits per heavy atom. The Hall–Kier alpha value is -2.79. The number of nitrogens with one attached hydrogen (secondary N) is 1. The van der Waals surface area contributed by atoms with Crippen molar-refractivity contribution in [2.24, 2.45) is 0 Å². The van der Waals surface area contributed by atoms with Gasteiger partial charge in [0.2, 0.25) is 0 Å². The number of hydrogen-bond acceptors (Lipinski definition) is 1. The Morgan fingerprint density at radius 3 is 2.46 bits per heavy atom. The monoisotopic (exact) mass is 355 g/mol. The SMILES string of the molecule is C[C@H]([NH2+][C@H](C)c1ccc(F)c(F)c1)C(=O)Nc1cccc2ccccc12. The van der Waals surface area contributed by atoms with E-state index >= 15 is 0 Å². The number of hydrogen-bond donors (Lipinski definition) is 2. The van der Waals surface area contributed by atoms with Crippen LogP contribution >= 0.6 is 0 Å². The van der Waals surface area contributed by atoms with Crippen LogP contribution in [0.3, 0.4) is 0 Å². The second kappa shape index (κ2) is 7.62. The molecule has 0 spiro atoms. The van der Waals surface area contributed by atoms with Gasteiger partial charge in [-0.2, -0.15) is 0 Å². The van der Waals surface area contributed by atoms with Gasteiger partial charge in [0, 0.05) is 16.6 Å². The Morgan fingerprint density at radius 1 is 0.962 bits per heavy atom. The zero-order chi connectivity index (χ0) is 18.7. The lowest BCUT2D eigenvalue weighted by atomic mass is 10.1. The highest BCUT2D eigenvalue weighted by Gasteiger charge is 2.21. The fourth-order valence-corrected chi connectivity index (χ4v) is 3.01. The molecule has 0 heterocycles. The van der Waals surface area contributed by atoms with Crippen LogP contribution in [0.2, 0.25) is 0 Å². The molecule has 0 unspecified atom stereocenters. The van der Waals surface area contributed by atoms with Crippen molar-refractivity contribution in [1.29, 1.82) is 0 Å². The summed E-state index contributed by atoms with van der Waals surface area (Å²) < 4.78 is 26.5. The van der Waals surface area contributed by atoms with E-state index < -0.39 is 17.7 Å². The number of carbonyl (C=O) groups excluding carboxylic acids is 1. The summed E-state index contributed by atoms with van der Waals surface area (Å²) in [6, 6.07) is 16.8. The van der Waals surface area contributed by atoms with Gasteiger partial charge in [-0.25, -0.2) is 8.78 Å². The van der Waals surface area contributed by atoms with E-state index in [4.69, 9.17) is 0 Å². The summed E-state index contributed by atoms with van der Waals surface area (Å²) in [5, 5.41) is 6.81. The molecule has 0 aliphatic rings. The van der Waals surface area contributed by atoms with Crippen molar-refractivity contribution in [2.75, 3.05) is 5.32 Å². The summed E-state index contributed by atoms with van der Waals surface area (Å²) in [4.78, 5) is 12.6. The van der Waals surface area contributed by atoms with E-state index in [1.54, 1.807) is 6.92 Å². The van der Waals surface area contributed by atoms with Gasteiger partial charge in [-0.15, -0.1) is 0 Å². The van der Waals surface area contributed by atoms with Crippen LogP contribution in [-0.4, -0.2) is 11.9 Å². The quantitative estimate of drug-likeness (QED) is 0.719. The normalized spacial score (nSPS) is 13.4. The fraction of sp³-hybridized carbons (Fsp3) is 0.190. The van der Waals surface area contributed by atoms with Crippen molar-refractivity contribution in [2.45, 2.75) is 25.9 Å². The lowest BCUT2D eigenvalue weighted by molar-refractivity contribution is -0.709. The Bertz CT molecular complexity index is 937. The first-order valence-electron chi connectivity index (χ1n) is 8.54. The van der Waals surface area contributed by atoms with Crippen LogP contribution in [0, 0.1) is 11.6 Å². The van der Waals surface area contributed by atoms with Crippen molar-refractivity contribution in [3.63, 3.8) is 0 Å². The molecule has 0 bridgehead atoms. The van der Waals surface area contributed by atoms with Crippen LogP contribution < -0.4 is 10.6 Å². The van der Waals surface area contributed by atoms with Crippen molar-refractivity contribution in [1.82, 2.24) is 0 Å². The molecule has 0 saturated heterocycles. The molecule has 3 aromatic rings. The van der Waals surface area contributed by atoms with Gasteiger partial charge in [0.15, 0.2) is 17.7 Å². The first-order valence-corrected chi connectivity index (χ1v) is 8.54. The average molecular weight is 355 g/mol. The molecule has 0 fully saturated rings. The van der Waals surface area contributed by atoms with Crippen LogP contribution in [-0.2, 0) is 4.79 Å². The van der Waals surface area contributed by atoms with Crippen LogP contribution in [0.4, 0.5) is 14.5 Å². The third-order valence-electron chi connectivity index (χ3n) is 4.51. The predicted octanol–water partition coefficient (Wildman–Crippen LogP) is 3.77. The molecule has 3 nitrogen and oxygen atoms in total. The van der Waals surface area contributed by atoms with E-state index in [1.165, 1.54) is 12.1 Å². The molecule has 2 atom stereocenters. The summed E-state index contributed by atoms with van der Waals surface area (Å²) in [5.41, 5.74) is 1.39. The van der Waals surface area contributed by atoms with Crippen molar-refractivity contribution >= 4 is 22.4 Å². The Balaban J connectivity index is 1.70. The maximum absolute atomic E-state index is 13.4. The molecule has 134 valence electrons. The van der Waals surface area contributed by atoms with Gasteiger partial charge < -0.3 is 10.6 Å². The number of anilines is 1. The standard InChI is InChI=1S/C21H20F2N2O/c1-13(16-10-11-18(22)19(23)12-16)24-14(2)21(26)25-20-9-5-7-15-6-3-4-8-17(15)20/h3-14,24H,1-2H3,(H,25,26)/p+1/t13-,14+/m1/s1. The number of nitrogens with two attached hydrogens (primary N) is 1. The lowest BCUT2D eigenvalue weighted by Crippen LogP contribution is -2.91. The molecule has 5 heteroatoms. The molecule has 26 heavy (non-hydrogen) atoms. The van der Waals surface area contributed by atoms with E-state index in [-0.39, 0.29) is 11.9 Å². The van der Waals surface area contributed by atoms with E-state index in [0.29, 0.717) is 5.56 Å². The molecule has 3 aromatic carbocycles. The Kier molecular flexibility index (Phi) is 5.28. The van der Waals surface area contributed by atoms with Gasteiger partial charge in [-0.1, -0.05) is 36.4 Å². The van der Waals surface area contributed by atoms with Crippen LogP contribution in [0.1, 0.15) is 25.5 Å². The van der Waals surface area contributed by atoms with Gasteiger partial charge in [0.25, 0.3) is 5.91 Å². The molecule has 3 rings (SSSR count). The molecule has 0 aliphatic heterocycles. The number of amides is 1. The van der Waals surface area contributed by atoms with Crippen LogP contribution in [0.25, 0.3) is 10.8 Å². The van der Waals surface area contributed by atoms with Crippen LogP contribution in [0.15, 0.2) is 60.7 Å². The highest BCUT2D eigenvalue weighted by atomic mass is 19.2. The number of benzene rings is 3. The molecule has 0 radical (unpaired) electrons. The topological polar surface area (TPSA) is 45.7 Å². The maximum Gasteiger partial charge on any atom is 0.282 e. The molecule has 0 saturated carbocycles. The number of rotatable bonds is 5. The molecule has 3 N–H and O–H groups in total. The zero-order valence-electron chi connectivity index (χ0n) is 14.7. The molecule has 1 amide bonds. The van der Waals surface area contributed by atoms with Gasteiger partial charge in [-0.3, -0.25) is 4.79 Å². The van der Waals surface area contributed by atoms with Gasteiger partial charge in [0.05, 0.1) is 0 Å². The predicted molar refractivity (Wildman–Crippen MR) is 98.7 cm³/mol. The smallest absolute Gasteiger partial charge is 0.282 e. The number of quaternary nitrogens is 1. The summed E-state index contributed by atoms with van der Waals surface area (Å²) in [5.74, 6) is -1.89. The maximum atomic E-state index is 13.4. The third kappa shape index (κ3) is 3.89. The summed E-state index contributed by atoms with van der Waals surface area (Å²) in [6.45, 7) is 3.64. The summed E-state index contributed by atoms with van der Waals surface area (Å²) in [6.07, 6.45) is 0. The Labute approximate surface area is 151 Å². The second-order valence-electron chi connectivity index (χ2n) is 6.46. The largest absolute Gasteiger partial charge is 0.330 e. The highest BCUT2D eigenvalue weighted by Crippen LogP contribution is 2.23. The van der Waals surface area contributed by atoms with Gasteiger partial charge >= 0.3 is 0 Å². The number of halogens is 2. The van der Waals surface area contributed by atoms with Gasteiger partial charge in [-0.05, 0) is 43.5 Å². The van der Waals surface area contributed by atoms with E-state index in [2.05, 4.69) is 5.32 Å². The van der Waals surface area contributed by atoms with Crippen molar-refractivity contribution < 1.29 is 18.9 Å². The fourth-order valence-electron chi connectivity index (χ4n) is 3.01. The van der Waals surface area contributed by atoms with Gasteiger partial charge in [0.1, 0.15) is 6.04 Å². The first kappa shape index (κ1) is 18.0. The molecule has 0 aliphatic carbocycles. The van der Waals surface area contributed by atoms with Crippen molar-refractivity contribution in [3.8, 4) is 0 Å². The summed E-state index contributed by atoms with van der Waals surface area (Å²) >= 11 is 0. The molecular formula is C21H21F2N2O+. The summed E-state index contributed by atoms with van der Waals surface area (Å²) in [7, 11) is 0. The zero-order valence-corrected chi connectivity index (χ0v) is 14.7. The highest BCUT2D eigenvalue weighted by molar-refractivity contribution is 6.03. The minimum absolute atomic E-state index is 0.143. The average Bonchev–Trinajstić information content (AvgIpc) is 2.64. The van der Waals surface area contributed by atoms with Crippen LogP contribution in [0.5, 0.6) is 0 Å². The first-order chi connectivity index (χ1) is 12.5. The van der Waals surface area contributed by atoms with E-state index in [9.17, 15) is 13.6 Å². The lowest BCUT2D eigenvalue weighted by Gasteiger charge is -2.17. The molecular weight excluding hydrogens is 334 g/mol. The molecule has 0 aromatic heterocycles. The number of carbonyl (C=O) groups is 1. The number of fused-ring (bicyclic) bond motifs is 1. The third-order valence-corrected chi connectivity index (χ3v) is 4.51. The minimum atomic E-state index is -0.879. The second-order valence-corrected chi connectivity index (χ2v) is 6.46. The van der Waals surface area contributed by atoms with E-state index in [1.807, 2.05) is 54.7 Å². The minimum Gasteiger partial charge on any atom is -0.330 e. The van der Waals surface area contributed by atoms with Crippen molar-refractivity contribution in [3.05, 3.63) is 77.9 Å². The van der Waals surface area contributed by atoms with E-state index in [0.717, 1.165) is 22.5 Å².